The molecule has 1 aliphatic heterocycles. The highest BCUT2D eigenvalue weighted by molar-refractivity contribution is 5.94. The molecule has 0 spiro atoms. The molecule has 0 aliphatic carbocycles. The van der Waals surface area contributed by atoms with Crippen molar-refractivity contribution < 1.29 is 18.0 Å². The van der Waals surface area contributed by atoms with Crippen molar-refractivity contribution in [2.45, 2.75) is 39.0 Å². The van der Waals surface area contributed by atoms with Gasteiger partial charge in [0.2, 0.25) is 0 Å². The van der Waals surface area contributed by atoms with Crippen molar-refractivity contribution in [3.63, 3.8) is 0 Å². The number of amides is 1. The minimum Gasteiger partial charge on any atom is -0.339 e. The third-order valence-electron chi connectivity index (χ3n) is 4.06. The van der Waals surface area contributed by atoms with Crippen molar-refractivity contribution >= 4 is 5.91 Å². The maximum atomic E-state index is 13.2. The van der Waals surface area contributed by atoms with Gasteiger partial charge in [0, 0.05) is 18.7 Å². The molecule has 1 fully saturated rings. The minimum absolute atomic E-state index is 0.125. The summed E-state index contributed by atoms with van der Waals surface area (Å²) in [7, 11) is 0. The van der Waals surface area contributed by atoms with E-state index in [-0.39, 0.29) is 5.56 Å². The second kappa shape index (κ2) is 6.96. The van der Waals surface area contributed by atoms with Crippen LogP contribution >= 0.6 is 0 Å². The van der Waals surface area contributed by atoms with Crippen LogP contribution < -0.4 is 0 Å². The van der Waals surface area contributed by atoms with Crippen LogP contribution in [0.15, 0.2) is 12.1 Å². The summed E-state index contributed by atoms with van der Waals surface area (Å²) < 4.78 is 39.4. The largest absolute Gasteiger partial charge is 0.339 e. The molecular formula is C16H20F3NO. The van der Waals surface area contributed by atoms with Crippen molar-refractivity contribution in [1.29, 1.82) is 0 Å². The van der Waals surface area contributed by atoms with E-state index in [1.54, 1.807) is 4.90 Å². The van der Waals surface area contributed by atoms with E-state index in [1.165, 1.54) is 0 Å². The average molecular weight is 299 g/mol. The highest BCUT2D eigenvalue weighted by Gasteiger charge is 2.23. The van der Waals surface area contributed by atoms with Crippen LogP contribution in [0, 0.1) is 23.4 Å². The van der Waals surface area contributed by atoms with E-state index in [0.717, 1.165) is 44.2 Å². The Morgan fingerprint density at radius 3 is 2.48 bits per heavy atom. The van der Waals surface area contributed by atoms with Crippen molar-refractivity contribution in [2.24, 2.45) is 5.92 Å². The molecule has 1 unspecified atom stereocenters. The van der Waals surface area contributed by atoms with E-state index in [2.05, 4.69) is 6.92 Å². The van der Waals surface area contributed by atoms with Gasteiger partial charge in [-0.05, 0) is 37.3 Å². The molecule has 21 heavy (non-hydrogen) atoms. The lowest BCUT2D eigenvalue weighted by atomic mass is 9.96. The van der Waals surface area contributed by atoms with Gasteiger partial charge in [0.1, 0.15) is 0 Å². The quantitative estimate of drug-likeness (QED) is 0.768. The summed E-state index contributed by atoms with van der Waals surface area (Å²) in [5.74, 6) is -4.00. The SMILES string of the molecule is CCCC1CCCN(C(=O)c2cc(F)c(F)c(F)c2)CC1. The molecule has 116 valence electrons. The van der Waals surface area contributed by atoms with Gasteiger partial charge in [-0.15, -0.1) is 0 Å². The molecule has 1 saturated heterocycles. The van der Waals surface area contributed by atoms with Crippen LogP contribution in [-0.2, 0) is 0 Å². The zero-order valence-electron chi connectivity index (χ0n) is 12.2. The van der Waals surface area contributed by atoms with Crippen LogP contribution in [0.4, 0.5) is 13.2 Å². The number of likely N-dealkylation sites (tertiary alicyclic amines) is 1. The Bertz CT molecular complexity index is 495. The van der Waals surface area contributed by atoms with Crippen molar-refractivity contribution in [2.75, 3.05) is 13.1 Å². The number of nitrogens with zero attached hydrogens (tertiary/aromatic N) is 1. The number of benzene rings is 1. The Balaban J connectivity index is 2.09. The van der Waals surface area contributed by atoms with E-state index in [0.29, 0.717) is 19.0 Å². The van der Waals surface area contributed by atoms with E-state index < -0.39 is 23.4 Å². The lowest BCUT2D eigenvalue weighted by Crippen LogP contribution is -2.32. The monoisotopic (exact) mass is 299 g/mol. The molecule has 1 aromatic rings. The van der Waals surface area contributed by atoms with Crippen LogP contribution in [-0.4, -0.2) is 23.9 Å². The van der Waals surface area contributed by atoms with Gasteiger partial charge in [0.15, 0.2) is 17.5 Å². The first kappa shape index (κ1) is 15.9. The van der Waals surface area contributed by atoms with Gasteiger partial charge in [-0.3, -0.25) is 4.79 Å². The molecule has 0 saturated carbocycles. The fourth-order valence-corrected chi connectivity index (χ4v) is 2.93. The number of hydrogen-bond donors (Lipinski definition) is 0. The molecule has 5 heteroatoms. The molecule has 2 rings (SSSR count). The smallest absolute Gasteiger partial charge is 0.254 e. The normalized spacial score (nSPS) is 19.4. The van der Waals surface area contributed by atoms with Gasteiger partial charge in [0.25, 0.3) is 5.91 Å². The van der Waals surface area contributed by atoms with Crippen LogP contribution in [0.1, 0.15) is 49.4 Å². The van der Waals surface area contributed by atoms with Gasteiger partial charge in [-0.1, -0.05) is 19.8 Å². The summed E-state index contributed by atoms with van der Waals surface area (Å²) in [5, 5.41) is 0. The standard InChI is InChI=1S/C16H20F3NO/c1-2-4-11-5-3-7-20(8-6-11)16(21)12-9-13(17)15(19)14(18)10-12/h9-11H,2-8H2,1H3. The summed E-state index contributed by atoms with van der Waals surface area (Å²) in [4.78, 5) is 13.9. The van der Waals surface area contributed by atoms with Crippen LogP contribution in [0.5, 0.6) is 0 Å². The number of carbonyl (C=O) groups is 1. The maximum Gasteiger partial charge on any atom is 0.254 e. The van der Waals surface area contributed by atoms with Gasteiger partial charge < -0.3 is 4.90 Å². The molecule has 1 aromatic carbocycles. The Morgan fingerprint density at radius 1 is 1.19 bits per heavy atom. The molecular weight excluding hydrogens is 279 g/mol. The lowest BCUT2D eigenvalue weighted by Gasteiger charge is -2.21. The first-order valence-corrected chi connectivity index (χ1v) is 7.46. The topological polar surface area (TPSA) is 20.3 Å². The minimum atomic E-state index is -1.54. The third-order valence-corrected chi connectivity index (χ3v) is 4.06. The molecule has 0 radical (unpaired) electrons. The zero-order valence-corrected chi connectivity index (χ0v) is 12.2. The summed E-state index contributed by atoms with van der Waals surface area (Å²) >= 11 is 0. The number of hydrogen-bond acceptors (Lipinski definition) is 1. The Morgan fingerprint density at radius 2 is 1.86 bits per heavy atom. The molecule has 0 bridgehead atoms. The third kappa shape index (κ3) is 3.77. The molecule has 1 amide bonds. The van der Waals surface area contributed by atoms with Crippen molar-refractivity contribution in [3.05, 3.63) is 35.1 Å². The molecule has 1 atom stereocenters. The first-order valence-electron chi connectivity index (χ1n) is 7.46. The summed E-state index contributed by atoms with van der Waals surface area (Å²) in [6.07, 6.45) is 5.13. The van der Waals surface area contributed by atoms with Crippen LogP contribution in [0.25, 0.3) is 0 Å². The second-order valence-electron chi connectivity index (χ2n) is 5.63. The summed E-state index contributed by atoms with van der Waals surface area (Å²) in [6.45, 7) is 3.31. The second-order valence-corrected chi connectivity index (χ2v) is 5.63. The van der Waals surface area contributed by atoms with Crippen molar-refractivity contribution in [3.8, 4) is 0 Å². The Kier molecular flexibility index (Phi) is 5.26. The Labute approximate surface area is 122 Å². The molecule has 1 heterocycles. The lowest BCUT2D eigenvalue weighted by molar-refractivity contribution is 0.0758. The van der Waals surface area contributed by atoms with Crippen LogP contribution in [0.3, 0.4) is 0 Å². The zero-order chi connectivity index (χ0) is 15.4. The summed E-state index contributed by atoms with van der Waals surface area (Å²) in [5.41, 5.74) is -0.125. The van der Waals surface area contributed by atoms with Gasteiger partial charge in [-0.25, -0.2) is 13.2 Å². The molecule has 0 aromatic heterocycles. The molecule has 0 N–H and O–H groups in total. The molecule has 2 nitrogen and oxygen atoms in total. The van der Waals surface area contributed by atoms with E-state index in [4.69, 9.17) is 0 Å². The number of rotatable bonds is 3. The fourth-order valence-electron chi connectivity index (χ4n) is 2.93. The first-order chi connectivity index (χ1) is 10.0. The fraction of sp³-hybridized carbons (Fsp3) is 0.562. The number of carbonyl (C=O) groups excluding carboxylic acids is 1. The Hall–Kier alpha value is -1.52. The van der Waals surface area contributed by atoms with E-state index >= 15 is 0 Å². The van der Waals surface area contributed by atoms with Crippen LogP contribution in [0.2, 0.25) is 0 Å². The van der Waals surface area contributed by atoms with E-state index in [9.17, 15) is 18.0 Å². The van der Waals surface area contributed by atoms with Crippen molar-refractivity contribution in [1.82, 2.24) is 4.90 Å². The number of halogens is 3. The average Bonchev–Trinajstić information content (AvgIpc) is 2.69. The predicted molar refractivity (Wildman–Crippen MR) is 74.5 cm³/mol. The highest BCUT2D eigenvalue weighted by Crippen LogP contribution is 2.23. The van der Waals surface area contributed by atoms with Gasteiger partial charge >= 0.3 is 0 Å². The predicted octanol–water partition coefficient (Wildman–Crippen LogP) is 4.15. The van der Waals surface area contributed by atoms with Gasteiger partial charge in [0.05, 0.1) is 0 Å². The maximum absolute atomic E-state index is 13.2. The van der Waals surface area contributed by atoms with E-state index in [1.807, 2.05) is 0 Å². The van der Waals surface area contributed by atoms with Gasteiger partial charge in [-0.2, -0.15) is 0 Å². The highest BCUT2D eigenvalue weighted by atomic mass is 19.2. The molecule has 1 aliphatic rings. The summed E-state index contributed by atoms with van der Waals surface area (Å²) in [6, 6.07) is 1.55.